The van der Waals surface area contributed by atoms with E-state index in [4.69, 9.17) is 0 Å². The van der Waals surface area contributed by atoms with E-state index in [1.54, 1.807) is 0 Å². The Morgan fingerprint density at radius 2 is 2.11 bits per heavy atom. The maximum Gasteiger partial charge on any atom is 0.251 e. The van der Waals surface area contributed by atoms with Gasteiger partial charge in [-0.3, -0.25) is 4.79 Å². The maximum absolute atomic E-state index is 12.1. The lowest BCUT2D eigenvalue weighted by atomic mass is 10.1. The van der Waals surface area contributed by atoms with E-state index >= 15 is 0 Å². The highest BCUT2D eigenvalue weighted by molar-refractivity contribution is 5.95. The minimum absolute atomic E-state index is 0.0107. The van der Waals surface area contributed by atoms with Crippen LogP contribution >= 0.6 is 0 Å². The van der Waals surface area contributed by atoms with Crippen molar-refractivity contribution >= 4 is 11.7 Å². The van der Waals surface area contributed by atoms with E-state index in [-0.39, 0.29) is 5.91 Å². The predicted molar refractivity (Wildman–Crippen MR) is 77.4 cm³/mol. The molecule has 0 bridgehead atoms. The highest BCUT2D eigenvalue weighted by Gasteiger charge is 2.16. The van der Waals surface area contributed by atoms with E-state index in [1.165, 1.54) is 25.7 Å². The summed E-state index contributed by atoms with van der Waals surface area (Å²) in [6.07, 6.45) is 5.11. The fraction of sp³-hybridized carbons (Fsp3) is 0.600. The number of aryl methyl sites for hydroxylation is 1. The Morgan fingerprint density at radius 3 is 2.79 bits per heavy atom. The summed E-state index contributed by atoms with van der Waals surface area (Å²) in [6, 6.07) is 3.66. The van der Waals surface area contributed by atoms with Crippen molar-refractivity contribution in [2.75, 3.05) is 18.4 Å². The number of nitrogens with zero attached hydrogens (tertiary/aromatic N) is 1. The second-order valence-corrected chi connectivity index (χ2v) is 5.27. The van der Waals surface area contributed by atoms with E-state index in [0.29, 0.717) is 11.5 Å². The number of anilines is 1. The minimum Gasteiger partial charge on any atom is -0.370 e. The molecule has 0 spiro atoms. The van der Waals surface area contributed by atoms with Crippen molar-refractivity contribution < 1.29 is 4.79 Å². The molecule has 19 heavy (non-hydrogen) atoms. The molecule has 0 saturated heterocycles. The fourth-order valence-corrected chi connectivity index (χ4v) is 2.62. The molecule has 1 aromatic rings. The van der Waals surface area contributed by atoms with Crippen LogP contribution in [0.1, 0.15) is 48.7 Å². The van der Waals surface area contributed by atoms with Gasteiger partial charge in [0, 0.05) is 24.3 Å². The van der Waals surface area contributed by atoms with E-state index in [1.807, 2.05) is 26.0 Å². The van der Waals surface area contributed by atoms with Crippen molar-refractivity contribution in [2.24, 2.45) is 5.92 Å². The first-order valence-electron chi connectivity index (χ1n) is 7.19. The van der Waals surface area contributed by atoms with Crippen LogP contribution in [0.25, 0.3) is 0 Å². The van der Waals surface area contributed by atoms with Gasteiger partial charge in [-0.2, -0.15) is 0 Å². The summed E-state index contributed by atoms with van der Waals surface area (Å²) in [7, 11) is 0. The van der Waals surface area contributed by atoms with Crippen molar-refractivity contribution in [3.05, 3.63) is 23.4 Å². The summed E-state index contributed by atoms with van der Waals surface area (Å²) < 4.78 is 0. The van der Waals surface area contributed by atoms with Crippen molar-refractivity contribution in [3.8, 4) is 0 Å². The molecule has 1 saturated carbocycles. The minimum atomic E-state index is 0.0107. The Kier molecular flexibility index (Phi) is 4.77. The first-order valence-corrected chi connectivity index (χ1v) is 7.19. The standard InChI is InChI=1S/C15H23N3O/c1-3-16-14-9-13(8-11(2)18-14)15(19)17-10-12-6-4-5-7-12/h8-9,12H,3-7,10H2,1-2H3,(H,16,18)(H,17,19). The van der Waals surface area contributed by atoms with Gasteiger partial charge in [0.2, 0.25) is 0 Å². The first kappa shape index (κ1) is 13.8. The Hall–Kier alpha value is -1.58. The van der Waals surface area contributed by atoms with Crippen molar-refractivity contribution in [2.45, 2.75) is 39.5 Å². The number of carbonyl (C=O) groups is 1. The van der Waals surface area contributed by atoms with Crippen LogP contribution in [0.4, 0.5) is 5.82 Å². The number of aromatic nitrogens is 1. The monoisotopic (exact) mass is 261 g/mol. The van der Waals surface area contributed by atoms with Crippen LogP contribution in [0, 0.1) is 12.8 Å². The number of hydrogen-bond donors (Lipinski definition) is 2. The Morgan fingerprint density at radius 1 is 1.37 bits per heavy atom. The van der Waals surface area contributed by atoms with Gasteiger partial charge in [-0.05, 0) is 44.7 Å². The molecule has 0 aromatic carbocycles. The van der Waals surface area contributed by atoms with Crippen molar-refractivity contribution in [1.82, 2.24) is 10.3 Å². The third kappa shape index (κ3) is 3.94. The van der Waals surface area contributed by atoms with Crippen LogP contribution in [0.5, 0.6) is 0 Å². The molecule has 1 aromatic heterocycles. The predicted octanol–water partition coefficient (Wildman–Crippen LogP) is 2.74. The molecule has 1 aliphatic carbocycles. The van der Waals surface area contributed by atoms with Crippen LogP contribution in [0.3, 0.4) is 0 Å². The Labute approximate surface area is 115 Å². The molecule has 4 heteroatoms. The molecule has 1 fully saturated rings. The summed E-state index contributed by atoms with van der Waals surface area (Å²) in [5.74, 6) is 1.45. The van der Waals surface area contributed by atoms with Crippen LogP contribution in [0.2, 0.25) is 0 Å². The zero-order chi connectivity index (χ0) is 13.7. The van der Waals surface area contributed by atoms with Gasteiger partial charge in [0.25, 0.3) is 5.91 Å². The molecule has 1 amide bonds. The van der Waals surface area contributed by atoms with E-state index in [0.717, 1.165) is 24.6 Å². The van der Waals surface area contributed by atoms with E-state index in [9.17, 15) is 4.79 Å². The summed E-state index contributed by atoms with van der Waals surface area (Å²) in [5, 5.41) is 6.19. The number of carbonyl (C=O) groups excluding carboxylic acids is 1. The smallest absolute Gasteiger partial charge is 0.251 e. The lowest BCUT2D eigenvalue weighted by Gasteiger charge is -2.12. The average molecular weight is 261 g/mol. The first-order chi connectivity index (χ1) is 9.19. The number of nitrogens with one attached hydrogen (secondary N) is 2. The van der Waals surface area contributed by atoms with Gasteiger partial charge < -0.3 is 10.6 Å². The normalized spacial score (nSPS) is 15.5. The van der Waals surface area contributed by atoms with Gasteiger partial charge in [0.1, 0.15) is 5.82 Å². The molecule has 0 radical (unpaired) electrons. The summed E-state index contributed by atoms with van der Waals surface area (Å²) >= 11 is 0. The number of hydrogen-bond acceptors (Lipinski definition) is 3. The largest absolute Gasteiger partial charge is 0.370 e. The average Bonchev–Trinajstić information content (AvgIpc) is 2.88. The highest BCUT2D eigenvalue weighted by Crippen LogP contribution is 2.23. The molecule has 1 heterocycles. The van der Waals surface area contributed by atoms with Gasteiger partial charge in [-0.25, -0.2) is 4.98 Å². The summed E-state index contributed by atoms with van der Waals surface area (Å²) in [4.78, 5) is 16.5. The molecule has 0 unspecified atom stereocenters. The topological polar surface area (TPSA) is 54.0 Å². The van der Waals surface area contributed by atoms with Gasteiger partial charge in [-0.1, -0.05) is 12.8 Å². The summed E-state index contributed by atoms with van der Waals surface area (Å²) in [5.41, 5.74) is 1.56. The van der Waals surface area contributed by atoms with Crippen LogP contribution in [-0.2, 0) is 0 Å². The second-order valence-electron chi connectivity index (χ2n) is 5.27. The lowest BCUT2D eigenvalue weighted by molar-refractivity contribution is 0.0947. The number of rotatable bonds is 5. The highest BCUT2D eigenvalue weighted by atomic mass is 16.1. The molecule has 4 nitrogen and oxygen atoms in total. The van der Waals surface area contributed by atoms with Gasteiger partial charge in [-0.15, -0.1) is 0 Å². The maximum atomic E-state index is 12.1. The van der Waals surface area contributed by atoms with E-state index < -0.39 is 0 Å². The Balaban J connectivity index is 1.97. The molecule has 0 atom stereocenters. The third-order valence-corrected chi connectivity index (χ3v) is 3.60. The molecular weight excluding hydrogens is 238 g/mol. The molecular formula is C15H23N3O. The zero-order valence-corrected chi connectivity index (χ0v) is 11.8. The van der Waals surface area contributed by atoms with Crippen LogP contribution in [-0.4, -0.2) is 24.0 Å². The third-order valence-electron chi connectivity index (χ3n) is 3.60. The van der Waals surface area contributed by atoms with Gasteiger partial charge in [0.05, 0.1) is 0 Å². The Bertz CT molecular complexity index is 439. The zero-order valence-electron chi connectivity index (χ0n) is 11.8. The molecule has 104 valence electrons. The van der Waals surface area contributed by atoms with E-state index in [2.05, 4.69) is 15.6 Å². The van der Waals surface area contributed by atoms with Gasteiger partial charge in [0.15, 0.2) is 0 Å². The molecule has 0 aliphatic heterocycles. The molecule has 1 aliphatic rings. The number of amides is 1. The summed E-state index contributed by atoms with van der Waals surface area (Å²) in [6.45, 7) is 5.54. The van der Waals surface area contributed by atoms with Crippen LogP contribution < -0.4 is 10.6 Å². The van der Waals surface area contributed by atoms with Crippen LogP contribution in [0.15, 0.2) is 12.1 Å². The quantitative estimate of drug-likeness (QED) is 0.857. The SMILES string of the molecule is CCNc1cc(C(=O)NCC2CCCC2)cc(C)n1. The van der Waals surface area contributed by atoms with Crippen molar-refractivity contribution in [3.63, 3.8) is 0 Å². The van der Waals surface area contributed by atoms with Crippen molar-refractivity contribution in [1.29, 1.82) is 0 Å². The second kappa shape index (κ2) is 6.55. The molecule has 2 rings (SSSR count). The van der Waals surface area contributed by atoms with Gasteiger partial charge >= 0.3 is 0 Å². The molecule has 2 N–H and O–H groups in total. The fourth-order valence-electron chi connectivity index (χ4n) is 2.62. The lowest BCUT2D eigenvalue weighted by Crippen LogP contribution is -2.28. The number of pyridine rings is 1.